The van der Waals surface area contributed by atoms with Gasteiger partial charge in [-0.2, -0.15) is 4.68 Å². The molecule has 2 aromatic rings. The van der Waals surface area contributed by atoms with Crippen molar-refractivity contribution in [1.29, 1.82) is 0 Å². The molecule has 2 aromatic heterocycles. The zero-order valence-corrected chi connectivity index (χ0v) is 11.8. The van der Waals surface area contributed by atoms with Crippen molar-refractivity contribution in [2.75, 3.05) is 0 Å². The number of aryl methyl sites for hydroxylation is 3. The van der Waals surface area contributed by atoms with Crippen LogP contribution in [0.25, 0.3) is 5.82 Å². The summed E-state index contributed by atoms with van der Waals surface area (Å²) in [6, 6.07) is 2.01. The van der Waals surface area contributed by atoms with Gasteiger partial charge in [-0.1, -0.05) is 13.8 Å². The maximum Gasteiger partial charge on any atom is 0.155 e. The van der Waals surface area contributed by atoms with Crippen molar-refractivity contribution in [2.45, 2.75) is 33.6 Å². The van der Waals surface area contributed by atoms with Gasteiger partial charge in [-0.05, 0) is 34.5 Å². The predicted molar refractivity (Wildman–Crippen MR) is 70.3 cm³/mol. The Kier molecular flexibility index (Phi) is 3.57. The van der Waals surface area contributed by atoms with E-state index in [0.717, 1.165) is 40.3 Å². The van der Waals surface area contributed by atoms with Crippen molar-refractivity contribution < 1.29 is 0 Å². The van der Waals surface area contributed by atoms with E-state index in [1.54, 1.807) is 6.20 Å². The SMILES string of the molecule is CCc1nc(CC)n(-c2cc(C)c(Br)cn2)n1. The summed E-state index contributed by atoms with van der Waals surface area (Å²) in [4.78, 5) is 8.85. The number of halogens is 1. The van der Waals surface area contributed by atoms with Gasteiger partial charge in [0.2, 0.25) is 0 Å². The average Bonchev–Trinajstić information content (AvgIpc) is 2.76. The van der Waals surface area contributed by atoms with Gasteiger partial charge >= 0.3 is 0 Å². The Morgan fingerprint density at radius 3 is 2.65 bits per heavy atom. The standard InChI is InChI=1S/C12H15BrN4/c1-4-10-15-11(5-2)17(16-10)12-6-8(3)9(13)7-14-12/h6-7H,4-5H2,1-3H3. The van der Waals surface area contributed by atoms with Crippen LogP contribution < -0.4 is 0 Å². The molecular formula is C12H15BrN4. The molecule has 5 heteroatoms. The Hall–Kier alpha value is -1.23. The topological polar surface area (TPSA) is 43.6 Å². The zero-order valence-electron chi connectivity index (χ0n) is 10.2. The van der Waals surface area contributed by atoms with Crippen LogP contribution in [0, 0.1) is 6.92 Å². The highest BCUT2D eigenvalue weighted by molar-refractivity contribution is 9.10. The van der Waals surface area contributed by atoms with E-state index in [0.29, 0.717) is 0 Å². The average molecular weight is 295 g/mol. The number of hydrogen-bond donors (Lipinski definition) is 0. The molecule has 0 unspecified atom stereocenters. The molecule has 0 saturated heterocycles. The van der Waals surface area contributed by atoms with E-state index in [2.05, 4.69) is 44.8 Å². The van der Waals surface area contributed by atoms with Crippen LogP contribution >= 0.6 is 15.9 Å². The molecule has 0 atom stereocenters. The summed E-state index contributed by atoms with van der Waals surface area (Å²) >= 11 is 3.45. The lowest BCUT2D eigenvalue weighted by Crippen LogP contribution is -2.04. The maximum absolute atomic E-state index is 4.48. The number of pyridine rings is 1. The molecular weight excluding hydrogens is 280 g/mol. The molecule has 17 heavy (non-hydrogen) atoms. The summed E-state index contributed by atoms with van der Waals surface area (Å²) in [7, 11) is 0. The molecule has 0 N–H and O–H groups in total. The molecule has 2 heterocycles. The van der Waals surface area contributed by atoms with Crippen LogP contribution in [0.15, 0.2) is 16.7 Å². The molecule has 0 aromatic carbocycles. The largest absolute Gasteiger partial charge is 0.236 e. The first kappa shape index (κ1) is 12.2. The second-order valence-electron chi connectivity index (χ2n) is 3.85. The zero-order chi connectivity index (χ0) is 12.4. The van der Waals surface area contributed by atoms with E-state index < -0.39 is 0 Å². The molecule has 90 valence electrons. The van der Waals surface area contributed by atoms with Gasteiger partial charge in [0, 0.05) is 23.5 Å². The number of aromatic nitrogens is 4. The molecule has 0 aliphatic rings. The van der Waals surface area contributed by atoms with E-state index in [1.165, 1.54) is 0 Å². The molecule has 2 rings (SSSR count). The van der Waals surface area contributed by atoms with Crippen LogP contribution in [-0.4, -0.2) is 19.7 Å². The first-order chi connectivity index (χ1) is 8.15. The van der Waals surface area contributed by atoms with Crippen LogP contribution in [0.1, 0.15) is 31.1 Å². The summed E-state index contributed by atoms with van der Waals surface area (Å²) < 4.78 is 2.84. The van der Waals surface area contributed by atoms with Crippen LogP contribution in [0.4, 0.5) is 0 Å². The molecule has 0 aliphatic heterocycles. The molecule has 0 radical (unpaired) electrons. The number of nitrogens with zero attached hydrogens (tertiary/aromatic N) is 4. The fourth-order valence-corrected chi connectivity index (χ4v) is 1.81. The van der Waals surface area contributed by atoms with E-state index in [1.807, 2.05) is 17.7 Å². The lowest BCUT2D eigenvalue weighted by molar-refractivity contribution is 0.767. The van der Waals surface area contributed by atoms with Gasteiger partial charge in [0.15, 0.2) is 11.6 Å². The fraction of sp³-hybridized carbons (Fsp3) is 0.417. The third kappa shape index (κ3) is 2.39. The lowest BCUT2D eigenvalue weighted by Gasteiger charge is -2.05. The van der Waals surface area contributed by atoms with E-state index in [4.69, 9.17) is 0 Å². The molecule has 0 saturated carbocycles. The highest BCUT2D eigenvalue weighted by atomic mass is 79.9. The summed E-state index contributed by atoms with van der Waals surface area (Å²) in [5, 5.41) is 4.47. The summed E-state index contributed by atoms with van der Waals surface area (Å²) in [6.45, 7) is 6.17. The first-order valence-corrected chi connectivity index (χ1v) is 6.52. The van der Waals surface area contributed by atoms with Gasteiger partial charge in [-0.25, -0.2) is 9.97 Å². The van der Waals surface area contributed by atoms with Gasteiger partial charge in [0.05, 0.1) is 0 Å². The summed E-state index contributed by atoms with van der Waals surface area (Å²) in [5.74, 6) is 2.65. The number of hydrogen-bond acceptors (Lipinski definition) is 3. The molecule has 0 spiro atoms. The van der Waals surface area contributed by atoms with Crippen molar-refractivity contribution in [3.8, 4) is 5.82 Å². The monoisotopic (exact) mass is 294 g/mol. The Balaban J connectivity index is 2.51. The van der Waals surface area contributed by atoms with Crippen molar-refractivity contribution in [3.05, 3.63) is 33.9 Å². The Morgan fingerprint density at radius 2 is 2.06 bits per heavy atom. The predicted octanol–water partition coefficient (Wildman–Crippen LogP) is 2.86. The Morgan fingerprint density at radius 1 is 1.29 bits per heavy atom. The smallest absolute Gasteiger partial charge is 0.155 e. The Labute approximate surface area is 109 Å². The molecule has 0 bridgehead atoms. The van der Waals surface area contributed by atoms with Crippen molar-refractivity contribution in [3.63, 3.8) is 0 Å². The van der Waals surface area contributed by atoms with E-state index in [9.17, 15) is 0 Å². The van der Waals surface area contributed by atoms with Gasteiger partial charge in [-0.15, -0.1) is 5.10 Å². The minimum absolute atomic E-state index is 0.828. The summed E-state index contributed by atoms with van der Waals surface area (Å²) in [5.41, 5.74) is 1.14. The van der Waals surface area contributed by atoms with Crippen molar-refractivity contribution >= 4 is 15.9 Å². The van der Waals surface area contributed by atoms with Crippen LogP contribution in [0.3, 0.4) is 0 Å². The van der Waals surface area contributed by atoms with Crippen LogP contribution in [0.5, 0.6) is 0 Å². The van der Waals surface area contributed by atoms with Gasteiger partial charge in [0.1, 0.15) is 5.82 Å². The highest BCUT2D eigenvalue weighted by Crippen LogP contribution is 2.17. The summed E-state index contributed by atoms with van der Waals surface area (Å²) in [6.07, 6.45) is 3.50. The van der Waals surface area contributed by atoms with Gasteiger partial charge in [0.25, 0.3) is 0 Å². The van der Waals surface area contributed by atoms with Crippen molar-refractivity contribution in [1.82, 2.24) is 19.7 Å². The minimum atomic E-state index is 0.828. The van der Waals surface area contributed by atoms with Crippen LogP contribution in [0.2, 0.25) is 0 Å². The lowest BCUT2D eigenvalue weighted by atomic mass is 10.3. The quantitative estimate of drug-likeness (QED) is 0.874. The second-order valence-corrected chi connectivity index (χ2v) is 4.71. The maximum atomic E-state index is 4.48. The molecule has 0 aliphatic carbocycles. The van der Waals surface area contributed by atoms with E-state index >= 15 is 0 Å². The molecule has 0 fully saturated rings. The van der Waals surface area contributed by atoms with Gasteiger partial charge < -0.3 is 0 Å². The van der Waals surface area contributed by atoms with Crippen LogP contribution in [-0.2, 0) is 12.8 Å². The fourth-order valence-electron chi connectivity index (χ4n) is 1.59. The van der Waals surface area contributed by atoms with E-state index in [-0.39, 0.29) is 0 Å². The van der Waals surface area contributed by atoms with Gasteiger partial charge in [-0.3, -0.25) is 0 Å². The normalized spacial score (nSPS) is 10.8. The third-order valence-electron chi connectivity index (χ3n) is 2.60. The molecule has 4 nitrogen and oxygen atoms in total. The third-order valence-corrected chi connectivity index (χ3v) is 3.43. The highest BCUT2D eigenvalue weighted by Gasteiger charge is 2.10. The Bertz CT molecular complexity index is 533. The second kappa shape index (κ2) is 4.96. The first-order valence-electron chi connectivity index (χ1n) is 5.73. The van der Waals surface area contributed by atoms with Crippen molar-refractivity contribution in [2.24, 2.45) is 0 Å². The minimum Gasteiger partial charge on any atom is -0.236 e. The number of rotatable bonds is 3. The molecule has 0 amide bonds.